The fourth-order valence-corrected chi connectivity index (χ4v) is 2.78. The Kier molecular flexibility index (Phi) is 5.32. The summed E-state index contributed by atoms with van der Waals surface area (Å²) < 4.78 is 1.45. The van der Waals surface area contributed by atoms with Crippen LogP contribution in [0.1, 0.15) is 37.3 Å². The Morgan fingerprint density at radius 2 is 2.14 bits per heavy atom. The molecule has 0 aliphatic carbocycles. The number of rotatable bonds is 7. The van der Waals surface area contributed by atoms with Gasteiger partial charge in [0.1, 0.15) is 6.54 Å². The number of aromatic nitrogens is 2. The van der Waals surface area contributed by atoms with Gasteiger partial charge in [-0.3, -0.25) is 14.3 Å². The van der Waals surface area contributed by atoms with Gasteiger partial charge < -0.3 is 15.1 Å². The first-order valence-electron chi connectivity index (χ1n) is 7.24. The zero-order chi connectivity index (χ0) is 15.2. The number of carboxylic acids is 2. The number of carboxylic acid groups (broad SMARTS) is 2. The summed E-state index contributed by atoms with van der Waals surface area (Å²) in [6.07, 6.45) is 4.67. The van der Waals surface area contributed by atoms with Crippen molar-refractivity contribution >= 4 is 11.9 Å². The van der Waals surface area contributed by atoms with Crippen molar-refractivity contribution in [3.8, 4) is 0 Å². The van der Waals surface area contributed by atoms with Gasteiger partial charge in [-0.2, -0.15) is 5.10 Å². The molecule has 2 heterocycles. The highest BCUT2D eigenvalue weighted by Crippen LogP contribution is 2.25. The minimum atomic E-state index is -0.899. The van der Waals surface area contributed by atoms with Crippen molar-refractivity contribution in [2.24, 2.45) is 0 Å². The van der Waals surface area contributed by atoms with E-state index >= 15 is 0 Å². The maximum absolute atomic E-state index is 10.7. The molecule has 1 atom stereocenters. The van der Waals surface area contributed by atoms with E-state index < -0.39 is 11.9 Å². The summed E-state index contributed by atoms with van der Waals surface area (Å²) in [4.78, 5) is 23.5. The quantitative estimate of drug-likeness (QED) is 0.779. The van der Waals surface area contributed by atoms with Gasteiger partial charge >= 0.3 is 11.9 Å². The second-order valence-corrected chi connectivity index (χ2v) is 5.47. The summed E-state index contributed by atoms with van der Waals surface area (Å²) in [5.74, 6) is -1.35. The lowest BCUT2D eigenvalue weighted by molar-refractivity contribution is -0.138. The van der Waals surface area contributed by atoms with Crippen molar-refractivity contribution in [2.75, 3.05) is 19.6 Å². The maximum Gasteiger partial charge on any atom is 0.325 e. The average Bonchev–Trinajstić information content (AvgIpc) is 2.86. The second-order valence-electron chi connectivity index (χ2n) is 5.47. The Bertz CT molecular complexity index is 500. The molecule has 0 radical (unpaired) electrons. The normalized spacial score (nSPS) is 19.5. The molecule has 0 unspecified atom stereocenters. The Morgan fingerprint density at radius 3 is 2.86 bits per heavy atom. The number of nitrogens with zero attached hydrogens (tertiary/aromatic N) is 3. The summed E-state index contributed by atoms with van der Waals surface area (Å²) in [6, 6.07) is 1.88. The zero-order valence-corrected chi connectivity index (χ0v) is 11.9. The van der Waals surface area contributed by atoms with Gasteiger partial charge in [-0.25, -0.2) is 0 Å². The predicted octanol–water partition coefficient (Wildman–Crippen LogP) is 1.01. The van der Waals surface area contributed by atoms with Crippen LogP contribution in [0.15, 0.2) is 12.3 Å². The molecule has 7 nitrogen and oxygen atoms in total. The molecule has 1 aromatic rings. The lowest BCUT2D eigenvalue weighted by atomic mass is 9.95. The van der Waals surface area contributed by atoms with Crippen molar-refractivity contribution in [2.45, 2.75) is 38.1 Å². The molecule has 1 fully saturated rings. The van der Waals surface area contributed by atoms with Gasteiger partial charge in [0.05, 0.1) is 5.69 Å². The molecule has 21 heavy (non-hydrogen) atoms. The highest BCUT2D eigenvalue weighted by molar-refractivity contribution is 5.66. The van der Waals surface area contributed by atoms with Gasteiger partial charge in [0.2, 0.25) is 0 Å². The average molecular weight is 295 g/mol. The molecular formula is C14H21N3O4. The summed E-state index contributed by atoms with van der Waals surface area (Å²) >= 11 is 0. The van der Waals surface area contributed by atoms with Crippen LogP contribution in [0.2, 0.25) is 0 Å². The Morgan fingerprint density at radius 1 is 1.33 bits per heavy atom. The molecule has 0 spiro atoms. The van der Waals surface area contributed by atoms with Crippen molar-refractivity contribution < 1.29 is 19.8 Å². The molecule has 1 aliphatic heterocycles. The molecule has 116 valence electrons. The van der Waals surface area contributed by atoms with Gasteiger partial charge in [0.15, 0.2) is 0 Å². The SMILES string of the molecule is O=C(O)CCCN1CCC[C@H](c2ccn(CC(=O)O)n2)C1. The van der Waals surface area contributed by atoms with Gasteiger partial charge in [-0.15, -0.1) is 0 Å². The highest BCUT2D eigenvalue weighted by Gasteiger charge is 2.23. The summed E-state index contributed by atoms with van der Waals surface area (Å²) in [5, 5.41) is 21.8. The van der Waals surface area contributed by atoms with Crippen LogP contribution in [0, 0.1) is 0 Å². The first-order chi connectivity index (χ1) is 10.0. The monoisotopic (exact) mass is 295 g/mol. The van der Waals surface area contributed by atoms with E-state index in [4.69, 9.17) is 10.2 Å². The van der Waals surface area contributed by atoms with E-state index in [0.29, 0.717) is 12.3 Å². The summed E-state index contributed by atoms with van der Waals surface area (Å²) in [7, 11) is 0. The number of hydrogen-bond donors (Lipinski definition) is 2. The number of likely N-dealkylation sites (tertiary alicyclic amines) is 1. The second kappa shape index (κ2) is 7.21. The van der Waals surface area contributed by atoms with Crippen LogP contribution in [-0.2, 0) is 16.1 Å². The zero-order valence-electron chi connectivity index (χ0n) is 11.9. The number of carbonyl (C=O) groups is 2. The standard InChI is InChI=1S/C14H21N3O4/c18-13(19)4-2-7-16-6-1-3-11(9-16)12-5-8-17(15-12)10-14(20)21/h5,8,11H,1-4,6-7,9-10H2,(H,18,19)(H,20,21)/t11-/m0/s1. The summed E-state index contributed by atoms with van der Waals surface area (Å²) in [5.41, 5.74) is 0.930. The molecule has 2 rings (SSSR count). The molecular weight excluding hydrogens is 274 g/mol. The molecule has 7 heteroatoms. The van der Waals surface area contributed by atoms with E-state index in [-0.39, 0.29) is 13.0 Å². The van der Waals surface area contributed by atoms with Crippen LogP contribution < -0.4 is 0 Å². The third-order valence-electron chi connectivity index (χ3n) is 3.75. The van der Waals surface area contributed by atoms with E-state index in [1.54, 1.807) is 6.20 Å². The van der Waals surface area contributed by atoms with E-state index in [1.165, 1.54) is 4.68 Å². The van der Waals surface area contributed by atoms with Gasteiger partial charge in [-0.05, 0) is 38.4 Å². The largest absolute Gasteiger partial charge is 0.481 e. The van der Waals surface area contributed by atoms with E-state index in [2.05, 4.69) is 10.00 Å². The third kappa shape index (κ3) is 4.86. The van der Waals surface area contributed by atoms with Crippen LogP contribution in [0.3, 0.4) is 0 Å². The molecule has 0 amide bonds. The first kappa shape index (κ1) is 15.5. The van der Waals surface area contributed by atoms with Gasteiger partial charge in [0.25, 0.3) is 0 Å². The van der Waals surface area contributed by atoms with Crippen LogP contribution in [0.4, 0.5) is 0 Å². The molecule has 2 N–H and O–H groups in total. The smallest absolute Gasteiger partial charge is 0.325 e. The molecule has 1 saturated heterocycles. The Hall–Kier alpha value is -1.89. The Labute approximate surface area is 123 Å². The fourth-order valence-electron chi connectivity index (χ4n) is 2.78. The van der Waals surface area contributed by atoms with Crippen molar-refractivity contribution in [1.82, 2.24) is 14.7 Å². The number of hydrogen-bond acceptors (Lipinski definition) is 4. The molecule has 0 saturated carbocycles. The van der Waals surface area contributed by atoms with Crippen molar-refractivity contribution in [3.63, 3.8) is 0 Å². The van der Waals surface area contributed by atoms with Crippen LogP contribution in [0.5, 0.6) is 0 Å². The minimum absolute atomic E-state index is 0.116. The van der Waals surface area contributed by atoms with Gasteiger partial charge in [-0.1, -0.05) is 0 Å². The van der Waals surface area contributed by atoms with E-state index in [0.717, 1.165) is 38.2 Å². The topological polar surface area (TPSA) is 95.7 Å². The maximum atomic E-state index is 10.7. The van der Waals surface area contributed by atoms with Crippen LogP contribution >= 0.6 is 0 Å². The predicted molar refractivity (Wildman–Crippen MR) is 75.1 cm³/mol. The molecule has 1 aliphatic rings. The highest BCUT2D eigenvalue weighted by atomic mass is 16.4. The Balaban J connectivity index is 1.86. The van der Waals surface area contributed by atoms with Crippen LogP contribution in [-0.4, -0.2) is 56.5 Å². The van der Waals surface area contributed by atoms with E-state index in [1.807, 2.05) is 6.07 Å². The summed E-state index contributed by atoms with van der Waals surface area (Å²) in [6.45, 7) is 2.53. The molecule has 1 aromatic heterocycles. The van der Waals surface area contributed by atoms with Crippen molar-refractivity contribution in [3.05, 3.63) is 18.0 Å². The number of aliphatic carboxylic acids is 2. The lowest BCUT2D eigenvalue weighted by Crippen LogP contribution is -2.35. The number of piperidine rings is 1. The lowest BCUT2D eigenvalue weighted by Gasteiger charge is -2.31. The molecule has 0 bridgehead atoms. The molecule has 0 aromatic carbocycles. The van der Waals surface area contributed by atoms with Crippen molar-refractivity contribution in [1.29, 1.82) is 0 Å². The third-order valence-corrected chi connectivity index (χ3v) is 3.75. The van der Waals surface area contributed by atoms with E-state index in [9.17, 15) is 9.59 Å². The van der Waals surface area contributed by atoms with Gasteiger partial charge in [0, 0.05) is 25.1 Å². The van der Waals surface area contributed by atoms with Crippen LogP contribution in [0.25, 0.3) is 0 Å². The minimum Gasteiger partial charge on any atom is -0.481 e. The first-order valence-corrected chi connectivity index (χ1v) is 7.24. The fraction of sp³-hybridized carbons (Fsp3) is 0.643.